The molecule has 1 aromatic heterocycles. The van der Waals surface area contributed by atoms with Crippen molar-refractivity contribution in [2.45, 2.75) is 33.6 Å². The molecule has 2 aromatic rings. The van der Waals surface area contributed by atoms with Crippen LogP contribution in [0.2, 0.25) is 5.02 Å². The van der Waals surface area contributed by atoms with Gasteiger partial charge in [0, 0.05) is 11.5 Å². The molecule has 0 saturated heterocycles. The fourth-order valence-electron chi connectivity index (χ4n) is 1.92. The maximum atomic E-state index is 6.23. The van der Waals surface area contributed by atoms with Gasteiger partial charge in [-0.2, -0.15) is 0 Å². The van der Waals surface area contributed by atoms with Gasteiger partial charge < -0.3 is 10.7 Å². The number of hydrazine groups is 1. The molecule has 1 heterocycles. The summed E-state index contributed by atoms with van der Waals surface area (Å²) in [5.41, 5.74) is 5.40. The molecule has 2 rings (SSSR count). The van der Waals surface area contributed by atoms with Gasteiger partial charge in [0.25, 0.3) is 0 Å². The van der Waals surface area contributed by atoms with Crippen molar-refractivity contribution in [2.75, 3.05) is 10.7 Å². The Balaban J connectivity index is 2.47. The van der Waals surface area contributed by atoms with Crippen LogP contribution in [0.15, 0.2) is 18.2 Å². The molecule has 0 atom stereocenters. The van der Waals surface area contributed by atoms with E-state index in [1.807, 2.05) is 45.9 Å². The molecule has 0 fully saturated rings. The SMILES string of the molecule is Cc1ccc(Cl)c(Nc2nc(C(C)C)nc(NN)c2C)c1. The zero-order valence-electron chi connectivity index (χ0n) is 12.7. The number of benzene rings is 1. The first-order valence-electron chi connectivity index (χ1n) is 6.80. The van der Waals surface area contributed by atoms with Crippen molar-refractivity contribution in [2.24, 2.45) is 5.84 Å². The Morgan fingerprint density at radius 1 is 1.14 bits per heavy atom. The number of halogens is 1. The molecule has 0 amide bonds. The third kappa shape index (κ3) is 3.43. The molecule has 4 N–H and O–H groups in total. The van der Waals surface area contributed by atoms with E-state index in [0.29, 0.717) is 16.7 Å². The molecule has 0 unspecified atom stereocenters. The molecule has 0 spiro atoms. The van der Waals surface area contributed by atoms with Gasteiger partial charge in [-0.15, -0.1) is 0 Å². The van der Waals surface area contributed by atoms with Crippen molar-refractivity contribution in [1.82, 2.24) is 9.97 Å². The summed E-state index contributed by atoms with van der Waals surface area (Å²) in [5, 5.41) is 3.92. The van der Waals surface area contributed by atoms with Gasteiger partial charge in [-0.25, -0.2) is 15.8 Å². The first kappa shape index (κ1) is 15.5. The lowest BCUT2D eigenvalue weighted by Crippen LogP contribution is -2.14. The van der Waals surface area contributed by atoms with E-state index >= 15 is 0 Å². The zero-order valence-corrected chi connectivity index (χ0v) is 13.4. The van der Waals surface area contributed by atoms with Crippen LogP contribution in [0.4, 0.5) is 17.3 Å². The van der Waals surface area contributed by atoms with Crippen LogP contribution in [-0.4, -0.2) is 9.97 Å². The van der Waals surface area contributed by atoms with Crippen LogP contribution in [0.1, 0.15) is 36.7 Å². The summed E-state index contributed by atoms with van der Waals surface area (Å²) < 4.78 is 0. The van der Waals surface area contributed by atoms with Gasteiger partial charge >= 0.3 is 0 Å². The van der Waals surface area contributed by atoms with E-state index in [1.54, 1.807) is 0 Å². The number of nitrogens with zero attached hydrogens (tertiary/aromatic N) is 2. The molecule has 0 radical (unpaired) electrons. The Morgan fingerprint density at radius 3 is 2.43 bits per heavy atom. The van der Waals surface area contributed by atoms with Crippen molar-refractivity contribution in [1.29, 1.82) is 0 Å². The number of hydrogen-bond donors (Lipinski definition) is 3. The third-order valence-electron chi connectivity index (χ3n) is 3.19. The van der Waals surface area contributed by atoms with Gasteiger partial charge in [0.1, 0.15) is 17.5 Å². The van der Waals surface area contributed by atoms with E-state index in [1.165, 1.54) is 0 Å². The normalized spacial score (nSPS) is 10.8. The molecule has 21 heavy (non-hydrogen) atoms. The largest absolute Gasteiger partial charge is 0.339 e. The van der Waals surface area contributed by atoms with Crippen molar-refractivity contribution in [3.63, 3.8) is 0 Å². The van der Waals surface area contributed by atoms with E-state index in [2.05, 4.69) is 20.7 Å². The van der Waals surface area contributed by atoms with E-state index in [-0.39, 0.29) is 5.92 Å². The average molecular weight is 306 g/mol. The number of nitrogens with two attached hydrogens (primary N) is 1. The lowest BCUT2D eigenvalue weighted by molar-refractivity contribution is 0.774. The summed E-state index contributed by atoms with van der Waals surface area (Å²) in [5.74, 6) is 7.78. The summed E-state index contributed by atoms with van der Waals surface area (Å²) in [6.07, 6.45) is 0. The second kappa shape index (κ2) is 6.28. The zero-order chi connectivity index (χ0) is 15.6. The highest BCUT2D eigenvalue weighted by molar-refractivity contribution is 6.33. The fourth-order valence-corrected chi connectivity index (χ4v) is 2.08. The van der Waals surface area contributed by atoms with E-state index < -0.39 is 0 Å². The van der Waals surface area contributed by atoms with Crippen molar-refractivity contribution < 1.29 is 0 Å². The van der Waals surface area contributed by atoms with Gasteiger partial charge in [-0.3, -0.25) is 0 Å². The number of anilines is 3. The Morgan fingerprint density at radius 2 is 1.81 bits per heavy atom. The van der Waals surface area contributed by atoms with Crippen LogP contribution in [0.25, 0.3) is 0 Å². The number of aryl methyl sites for hydroxylation is 1. The van der Waals surface area contributed by atoms with E-state index in [9.17, 15) is 0 Å². The first-order chi connectivity index (χ1) is 9.92. The number of nitrogens with one attached hydrogen (secondary N) is 2. The molecule has 0 bridgehead atoms. The molecule has 0 saturated carbocycles. The minimum Gasteiger partial charge on any atom is -0.339 e. The van der Waals surface area contributed by atoms with Crippen molar-refractivity contribution in [3.8, 4) is 0 Å². The number of aromatic nitrogens is 2. The second-order valence-corrected chi connectivity index (χ2v) is 5.72. The minimum atomic E-state index is 0.200. The predicted molar refractivity (Wildman–Crippen MR) is 88.1 cm³/mol. The molecule has 5 nitrogen and oxygen atoms in total. The molecule has 0 aliphatic rings. The number of hydrogen-bond acceptors (Lipinski definition) is 5. The standard InChI is InChI=1S/C15H20ClN5/c1-8(2)13-19-14(10(4)15(20-13)21-17)18-12-7-9(3)5-6-11(12)16/h5-8H,17H2,1-4H3,(H2,18,19,20,21). The van der Waals surface area contributed by atoms with Gasteiger partial charge in [0.05, 0.1) is 10.7 Å². The van der Waals surface area contributed by atoms with Crippen LogP contribution in [0, 0.1) is 13.8 Å². The quantitative estimate of drug-likeness (QED) is 0.590. The Kier molecular flexibility index (Phi) is 4.65. The fraction of sp³-hybridized carbons (Fsp3) is 0.333. The average Bonchev–Trinajstić information content (AvgIpc) is 2.44. The molecule has 1 aromatic carbocycles. The van der Waals surface area contributed by atoms with Gasteiger partial charge in [-0.1, -0.05) is 31.5 Å². The van der Waals surface area contributed by atoms with Gasteiger partial charge in [0.2, 0.25) is 0 Å². The van der Waals surface area contributed by atoms with Crippen LogP contribution in [0.3, 0.4) is 0 Å². The topological polar surface area (TPSA) is 75.9 Å². The highest BCUT2D eigenvalue weighted by Gasteiger charge is 2.13. The lowest BCUT2D eigenvalue weighted by Gasteiger charge is -2.16. The third-order valence-corrected chi connectivity index (χ3v) is 3.52. The highest BCUT2D eigenvalue weighted by atomic mass is 35.5. The van der Waals surface area contributed by atoms with Crippen LogP contribution < -0.4 is 16.6 Å². The first-order valence-corrected chi connectivity index (χ1v) is 7.18. The number of rotatable bonds is 4. The molecule has 6 heteroatoms. The highest BCUT2D eigenvalue weighted by Crippen LogP contribution is 2.29. The van der Waals surface area contributed by atoms with Gasteiger partial charge in [0.15, 0.2) is 0 Å². The lowest BCUT2D eigenvalue weighted by atomic mass is 10.2. The predicted octanol–water partition coefficient (Wildman–Crippen LogP) is 3.90. The molecule has 112 valence electrons. The maximum Gasteiger partial charge on any atom is 0.148 e. The monoisotopic (exact) mass is 305 g/mol. The summed E-state index contributed by atoms with van der Waals surface area (Å²) in [6, 6.07) is 5.81. The second-order valence-electron chi connectivity index (χ2n) is 5.31. The summed E-state index contributed by atoms with van der Waals surface area (Å²) >= 11 is 6.23. The minimum absolute atomic E-state index is 0.200. The molecule has 0 aliphatic heterocycles. The number of nitrogen functional groups attached to an aromatic ring is 1. The summed E-state index contributed by atoms with van der Waals surface area (Å²) in [7, 11) is 0. The summed E-state index contributed by atoms with van der Waals surface area (Å²) in [4.78, 5) is 8.98. The Hall–Kier alpha value is -1.85. The van der Waals surface area contributed by atoms with Crippen molar-refractivity contribution >= 4 is 28.9 Å². The molecule has 0 aliphatic carbocycles. The van der Waals surface area contributed by atoms with Crippen LogP contribution in [0.5, 0.6) is 0 Å². The smallest absolute Gasteiger partial charge is 0.148 e. The Bertz CT molecular complexity index is 655. The molecular weight excluding hydrogens is 286 g/mol. The van der Waals surface area contributed by atoms with Gasteiger partial charge in [-0.05, 0) is 31.5 Å². The van der Waals surface area contributed by atoms with E-state index in [4.69, 9.17) is 17.4 Å². The van der Waals surface area contributed by atoms with Crippen molar-refractivity contribution in [3.05, 3.63) is 40.2 Å². The maximum absolute atomic E-state index is 6.23. The Labute approximate surface area is 129 Å². The summed E-state index contributed by atoms with van der Waals surface area (Å²) in [6.45, 7) is 7.99. The van der Waals surface area contributed by atoms with Crippen LogP contribution >= 0.6 is 11.6 Å². The van der Waals surface area contributed by atoms with Crippen LogP contribution in [-0.2, 0) is 0 Å². The van der Waals surface area contributed by atoms with E-state index in [0.717, 1.165) is 22.6 Å². The molecular formula is C15H20ClN5.